The number of hydrogen-bond acceptors (Lipinski definition) is 10. The molecule has 50 heavy (non-hydrogen) atoms. The Kier molecular flexibility index (Phi) is 13.1. The molecular formula is C35H29Br2N9O4. The lowest BCUT2D eigenvalue weighted by Crippen LogP contribution is -2.15. The molecule has 0 aliphatic carbocycles. The second-order valence-corrected chi connectivity index (χ2v) is 11.8. The molecule has 0 radical (unpaired) electrons. The van der Waals surface area contributed by atoms with Gasteiger partial charge in [-0.1, -0.05) is 42.5 Å². The van der Waals surface area contributed by atoms with E-state index in [4.69, 9.17) is 22.3 Å². The first-order valence-electron chi connectivity index (χ1n) is 14.5. The van der Waals surface area contributed by atoms with Crippen molar-refractivity contribution in [2.75, 3.05) is 27.8 Å². The molecule has 4 heterocycles. The molecule has 2 amide bonds. The maximum Gasteiger partial charge on any atom is 0.339 e. The number of hydrogen-bond donors (Lipinski definition) is 6. The van der Waals surface area contributed by atoms with E-state index in [2.05, 4.69) is 62.4 Å². The van der Waals surface area contributed by atoms with Gasteiger partial charge in [-0.2, -0.15) is 0 Å². The topological polar surface area (TPSA) is 225 Å². The number of halogens is 2. The number of nitrogens with two attached hydrogens (primary N) is 3. The van der Waals surface area contributed by atoms with Crippen LogP contribution in [-0.2, 0) is 0 Å². The van der Waals surface area contributed by atoms with Crippen LogP contribution in [0.4, 0.5) is 28.8 Å². The van der Waals surface area contributed by atoms with Crippen LogP contribution in [0, 0.1) is 0 Å². The summed E-state index contributed by atoms with van der Waals surface area (Å²) in [5.41, 5.74) is 20.6. The Morgan fingerprint density at radius 2 is 1.02 bits per heavy atom. The molecule has 0 fully saturated rings. The van der Waals surface area contributed by atoms with Crippen molar-refractivity contribution < 1.29 is 19.5 Å². The Morgan fingerprint density at radius 3 is 1.48 bits per heavy atom. The van der Waals surface area contributed by atoms with Gasteiger partial charge in [-0.15, -0.1) is 0 Å². The van der Waals surface area contributed by atoms with Crippen molar-refractivity contribution in [2.45, 2.75) is 0 Å². The molecule has 6 aromatic rings. The highest BCUT2D eigenvalue weighted by atomic mass is 79.9. The number of aromatic nitrogens is 4. The molecule has 0 unspecified atom stereocenters. The predicted molar refractivity (Wildman–Crippen MR) is 200 cm³/mol. The molecule has 0 saturated heterocycles. The number of pyridine rings is 4. The fourth-order valence-corrected chi connectivity index (χ4v) is 4.70. The molecule has 0 bridgehead atoms. The van der Waals surface area contributed by atoms with Gasteiger partial charge in [-0.3, -0.25) is 14.6 Å². The Labute approximate surface area is 303 Å². The van der Waals surface area contributed by atoms with Crippen LogP contribution in [0.25, 0.3) is 11.1 Å². The van der Waals surface area contributed by atoms with Crippen molar-refractivity contribution in [2.24, 2.45) is 0 Å². The molecule has 252 valence electrons. The number of aromatic carboxylic acids is 1. The summed E-state index contributed by atoms with van der Waals surface area (Å²) in [7, 11) is 0. The number of nitrogens with one attached hydrogen (secondary N) is 2. The van der Waals surface area contributed by atoms with E-state index in [1.165, 1.54) is 12.3 Å². The molecule has 15 heteroatoms. The molecule has 6 rings (SSSR count). The van der Waals surface area contributed by atoms with Crippen molar-refractivity contribution in [3.8, 4) is 11.1 Å². The molecule has 0 atom stereocenters. The number of nitrogen functional groups attached to an aromatic ring is 3. The van der Waals surface area contributed by atoms with E-state index in [9.17, 15) is 14.4 Å². The number of para-hydroxylation sites is 2. The van der Waals surface area contributed by atoms with Crippen LogP contribution < -0.4 is 27.8 Å². The highest BCUT2D eigenvalue weighted by Gasteiger charge is 2.14. The summed E-state index contributed by atoms with van der Waals surface area (Å²) in [6.07, 6.45) is 8.03. The lowest BCUT2D eigenvalue weighted by molar-refractivity contribution is 0.0697. The first-order chi connectivity index (χ1) is 24.0. The van der Waals surface area contributed by atoms with E-state index < -0.39 is 5.97 Å². The van der Waals surface area contributed by atoms with Crippen molar-refractivity contribution in [3.63, 3.8) is 0 Å². The van der Waals surface area contributed by atoms with E-state index in [0.29, 0.717) is 25.8 Å². The number of amides is 2. The van der Waals surface area contributed by atoms with E-state index in [1.807, 2.05) is 60.7 Å². The average molecular weight is 799 g/mol. The Balaban J connectivity index is 0.000000179. The zero-order valence-electron chi connectivity index (χ0n) is 26.0. The molecule has 0 saturated carbocycles. The zero-order valence-corrected chi connectivity index (χ0v) is 29.2. The number of carboxylic acid groups (broad SMARTS) is 1. The van der Waals surface area contributed by atoms with Crippen LogP contribution in [0.1, 0.15) is 31.1 Å². The molecule has 4 aromatic heterocycles. The van der Waals surface area contributed by atoms with E-state index in [0.717, 1.165) is 16.8 Å². The van der Waals surface area contributed by atoms with Crippen molar-refractivity contribution in [1.29, 1.82) is 0 Å². The van der Waals surface area contributed by atoms with Crippen LogP contribution in [0.5, 0.6) is 0 Å². The molecule has 9 N–H and O–H groups in total. The number of carbonyl (C=O) groups is 3. The molecule has 2 aromatic carbocycles. The molecule has 13 nitrogen and oxygen atoms in total. The third-order valence-corrected chi connectivity index (χ3v) is 7.33. The van der Waals surface area contributed by atoms with Gasteiger partial charge in [0.15, 0.2) is 0 Å². The maximum atomic E-state index is 12.4. The fraction of sp³-hybridized carbons (Fsp3) is 0. The van der Waals surface area contributed by atoms with Crippen molar-refractivity contribution in [3.05, 3.63) is 148 Å². The molecular weight excluding hydrogens is 770 g/mol. The van der Waals surface area contributed by atoms with E-state index >= 15 is 0 Å². The van der Waals surface area contributed by atoms with Crippen LogP contribution >= 0.6 is 31.9 Å². The lowest BCUT2D eigenvalue weighted by Gasteiger charge is -2.09. The van der Waals surface area contributed by atoms with E-state index in [-0.39, 0.29) is 34.8 Å². The van der Waals surface area contributed by atoms with Gasteiger partial charge in [0.2, 0.25) is 0 Å². The van der Waals surface area contributed by atoms with Crippen molar-refractivity contribution in [1.82, 2.24) is 19.9 Å². The summed E-state index contributed by atoms with van der Waals surface area (Å²) in [4.78, 5) is 50.5. The van der Waals surface area contributed by atoms with Crippen LogP contribution in [-0.4, -0.2) is 42.8 Å². The number of benzene rings is 2. The minimum absolute atomic E-state index is 0.0133. The Morgan fingerprint density at radius 1 is 0.560 bits per heavy atom. The largest absolute Gasteiger partial charge is 0.478 e. The van der Waals surface area contributed by atoms with Gasteiger partial charge in [0.1, 0.15) is 23.0 Å². The Bertz CT molecular complexity index is 2090. The third kappa shape index (κ3) is 10.7. The first kappa shape index (κ1) is 36.6. The molecule has 0 aliphatic rings. The van der Waals surface area contributed by atoms with Crippen LogP contribution in [0.2, 0.25) is 0 Å². The quantitative estimate of drug-likeness (QED) is 0.103. The van der Waals surface area contributed by atoms with Gasteiger partial charge >= 0.3 is 5.97 Å². The summed E-state index contributed by atoms with van der Waals surface area (Å²) in [5.74, 6) is -1.20. The minimum atomic E-state index is -1.07. The highest BCUT2D eigenvalue weighted by Crippen LogP contribution is 2.22. The normalized spacial score (nSPS) is 9.96. The van der Waals surface area contributed by atoms with E-state index in [1.54, 1.807) is 49.1 Å². The summed E-state index contributed by atoms with van der Waals surface area (Å²) < 4.78 is 1.31. The second kappa shape index (κ2) is 17.8. The monoisotopic (exact) mass is 797 g/mol. The fourth-order valence-electron chi connectivity index (χ4n) is 4.04. The van der Waals surface area contributed by atoms with Crippen molar-refractivity contribution >= 4 is 78.5 Å². The standard InChI is InChI=1S/C17H14N4O.C12H10BrN3O.C6H5BrN2O2/c18-16-15(17(22)21-14-6-2-1-3-7-14)9-13(11-20-16)12-5-4-8-19-10-12;13-8-6-10(11(14)15-7-8)12(17)16-9-4-2-1-3-5-9;7-3-1-4(6(10)11)5(8)9-2-3/h1-11H,(H2,18,20)(H,21,22);1-7H,(H2,14,15)(H,16,17);1-2H,(H2,8,9)(H,10,11). The summed E-state index contributed by atoms with van der Waals surface area (Å²) in [5, 5.41) is 14.1. The Hall–Kier alpha value is -6.19. The SMILES string of the molecule is Nc1ncc(-c2cccnc2)cc1C(=O)Nc1ccccc1.Nc1ncc(Br)cc1C(=O)Nc1ccccc1.Nc1ncc(Br)cc1C(=O)O. The van der Waals surface area contributed by atoms with Crippen LogP contribution in [0.3, 0.4) is 0 Å². The number of carbonyl (C=O) groups excluding carboxylic acids is 2. The molecule has 0 aliphatic heterocycles. The smallest absolute Gasteiger partial charge is 0.339 e. The summed E-state index contributed by atoms with van der Waals surface area (Å²) in [6, 6.07) is 26.9. The third-order valence-electron chi connectivity index (χ3n) is 6.47. The number of carboxylic acids is 1. The average Bonchev–Trinajstić information content (AvgIpc) is 3.12. The molecule has 0 spiro atoms. The summed E-state index contributed by atoms with van der Waals surface area (Å²) >= 11 is 6.34. The van der Waals surface area contributed by atoms with Gasteiger partial charge in [-0.05, 0) is 80.4 Å². The van der Waals surface area contributed by atoms with Crippen LogP contribution in [0.15, 0.2) is 131 Å². The van der Waals surface area contributed by atoms with Gasteiger partial charge in [0.25, 0.3) is 11.8 Å². The lowest BCUT2D eigenvalue weighted by atomic mass is 10.1. The minimum Gasteiger partial charge on any atom is -0.478 e. The second-order valence-electron chi connectivity index (χ2n) is 10.0. The number of nitrogens with zero attached hydrogens (tertiary/aromatic N) is 4. The maximum absolute atomic E-state index is 12.4. The van der Waals surface area contributed by atoms with Gasteiger partial charge in [-0.25, -0.2) is 19.7 Å². The number of anilines is 5. The predicted octanol–water partition coefficient (Wildman–Crippen LogP) is 6.78. The van der Waals surface area contributed by atoms with Gasteiger partial charge in [0, 0.05) is 62.4 Å². The summed E-state index contributed by atoms with van der Waals surface area (Å²) in [6.45, 7) is 0. The van der Waals surface area contributed by atoms with Gasteiger partial charge < -0.3 is 32.9 Å². The number of rotatable bonds is 6. The first-order valence-corrected chi connectivity index (χ1v) is 16.0. The van der Waals surface area contributed by atoms with Gasteiger partial charge in [0.05, 0.1) is 11.1 Å². The highest BCUT2D eigenvalue weighted by molar-refractivity contribution is 9.10. The zero-order chi connectivity index (χ0) is 36.0.